The second-order valence-corrected chi connectivity index (χ2v) is 5.41. The molecule has 0 aliphatic carbocycles. The first-order valence-corrected chi connectivity index (χ1v) is 7.40. The van der Waals surface area contributed by atoms with Gasteiger partial charge in [-0.3, -0.25) is 19.6 Å². The number of pyridine rings is 1. The summed E-state index contributed by atoms with van der Waals surface area (Å²) in [7, 11) is 1.48. The molecule has 3 aromatic rings. The van der Waals surface area contributed by atoms with Crippen molar-refractivity contribution in [3.63, 3.8) is 0 Å². The number of nitrogens with zero attached hydrogens (tertiary/aromatic N) is 5. The fourth-order valence-electron chi connectivity index (χ4n) is 2.18. The molecule has 0 aliphatic rings. The molecule has 0 saturated carbocycles. The van der Waals surface area contributed by atoms with Gasteiger partial charge in [-0.25, -0.2) is 10.4 Å². The van der Waals surface area contributed by atoms with Crippen molar-refractivity contribution >= 4 is 40.3 Å². The third-order valence-corrected chi connectivity index (χ3v) is 3.60. The van der Waals surface area contributed by atoms with Crippen molar-refractivity contribution in [3.05, 3.63) is 63.1 Å². The summed E-state index contributed by atoms with van der Waals surface area (Å²) in [5.41, 5.74) is 2.70. The quantitative estimate of drug-likeness (QED) is 0.332. The number of amides is 1. The maximum absolute atomic E-state index is 12.0. The molecule has 3 rings (SSSR count). The lowest BCUT2D eigenvalue weighted by molar-refractivity contribution is -0.385. The molecule has 0 unspecified atom stereocenters. The molecule has 1 aromatic carbocycles. The van der Waals surface area contributed by atoms with Gasteiger partial charge in [0.2, 0.25) is 5.69 Å². The molecule has 1 amide bonds. The third-order valence-electron chi connectivity index (χ3n) is 3.30. The highest BCUT2D eigenvalue weighted by Gasteiger charge is 2.24. The molecule has 9 nitrogen and oxygen atoms in total. The molecule has 0 atom stereocenters. The molecule has 25 heavy (non-hydrogen) atoms. The molecule has 0 spiro atoms. The molecule has 1 N–H and O–H groups in total. The lowest BCUT2D eigenvalue weighted by Crippen LogP contribution is -2.19. The Morgan fingerprint density at radius 1 is 1.44 bits per heavy atom. The van der Waals surface area contributed by atoms with Crippen molar-refractivity contribution in [1.29, 1.82) is 0 Å². The Morgan fingerprint density at radius 2 is 2.20 bits per heavy atom. The van der Waals surface area contributed by atoms with Gasteiger partial charge < -0.3 is 0 Å². The van der Waals surface area contributed by atoms with Crippen LogP contribution in [-0.4, -0.2) is 31.8 Å². The fourth-order valence-corrected chi connectivity index (χ4v) is 2.38. The van der Waals surface area contributed by atoms with Gasteiger partial charge in [0.05, 0.1) is 16.7 Å². The molecule has 126 valence electrons. The number of para-hydroxylation sites is 1. The van der Waals surface area contributed by atoms with E-state index in [0.29, 0.717) is 5.56 Å². The molecule has 2 aromatic heterocycles. The molecule has 0 saturated heterocycles. The summed E-state index contributed by atoms with van der Waals surface area (Å²) >= 11 is 6.09. The second kappa shape index (κ2) is 6.65. The van der Waals surface area contributed by atoms with Crippen molar-refractivity contribution in [3.8, 4) is 0 Å². The number of nitro groups is 1. The van der Waals surface area contributed by atoms with Gasteiger partial charge in [0.1, 0.15) is 11.3 Å². The van der Waals surface area contributed by atoms with E-state index in [1.54, 1.807) is 6.07 Å². The number of carbonyl (C=O) groups excluding carboxylic acids is 1. The molecule has 10 heteroatoms. The van der Waals surface area contributed by atoms with Crippen LogP contribution in [0.3, 0.4) is 0 Å². The topological polar surface area (TPSA) is 115 Å². The van der Waals surface area contributed by atoms with Crippen LogP contribution in [0.2, 0.25) is 5.15 Å². The summed E-state index contributed by atoms with van der Waals surface area (Å²) < 4.78 is 1.18. The summed E-state index contributed by atoms with van der Waals surface area (Å²) in [6, 6.07) is 9.17. The molecule has 0 fully saturated rings. The Morgan fingerprint density at radius 3 is 2.96 bits per heavy atom. The molecular weight excluding hydrogens is 348 g/mol. The number of carbonyl (C=O) groups is 1. The van der Waals surface area contributed by atoms with E-state index >= 15 is 0 Å². The van der Waals surface area contributed by atoms with Crippen LogP contribution >= 0.6 is 11.6 Å². The highest BCUT2D eigenvalue weighted by molar-refractivity contribution is 6.32. The van der Waals surface area contributed by atoms with Crippen LogP contribution in [0.25, 0.3) is 10.9 Å². The smallest absolute Gasteiger partial charge is 0.268 e. The zero-order valence-electron chi connectivity index (χ0n) is 12.9. The Kier molecular flexibility index (Phi) is 4.40. The number of hydrogen-bond donors (Lipinski definition) is 1. The lowest BCUT2D eigenvalue weighted by atomic mass is 10.2. The highest BCUT2D eigenvalue weighted by atomic mass is 35.5. The monoisotopic (exact) mass is 358 g/mol. The van der Waals surface area contributed by atoms with Crippen molar-refractivity contribution in [2.45, 2.75) is 0 Å². The van der Waals surface area contributed by atoms with Crippen molar-refractivity contribution < 1.29 is 9.72 Å². The van der Waals surface area contributed by atoms with Crippen LogP contribution < -0.4 is 5.43 Å². The number of benzene rings is 1. The van der Waals surface area contributed by atoms with Crippen molar-refractivity contribution in [2.24, 2.45) is 12.1 Å². The summed E-state index contributed by atoms with van der Waals surface area (Å²) in [5, 5.41) is 19.5. The largest absolute Gasteiger partial charge is 0.320 e. The van der Waals surface area contributed by atoms with Gasteiger partial charge in [-0.2, -0.15) is 10.2 Å². The minimum Gasteiger partial charge on any atom is -0.268 e. The van der Waals surface area contributed by atoms with E-state index in [2.05, 4.69) is 20.6 Å². The summed E-state index contributed by atoms with van der Waals surface area (Å²) in [4.78, 5) is 26.5. The van der Waals surface area contributed by atoms with Gasteiger partial charge >= 0.3 is 5.69 Å². The molecule has 0 bridgehead atoms. The van der Waals surface area contributed by atoms with E-state index in [1.165, 1.54) is 17.9 Å². The Hall–Kier alpha value is -3.33. The Bertz CT molecular complexity index is 1010. The van der Waals surface area contributed by atoms with Gasteiger partial charge in [0, 0.05) is 18.0 Å². The van der Waals surface area contributed by atoms with Crippen molar-refractivity contribution in [1.82, 2.24) is 20.2 Å². The zero-order chi connectivity index (χ0) is 18.0. The van der Waals surface area contributed by atoms with Crippen LogP contribution in [0.15, 0.2) is 41.6 Å². The number of hydrogen-bond acceptors (Lipinski definition) is 6. The molecular formula is C15H11ClN6O3. The van der Waals surface area contributed by atoms with E-state index in [9.17, 15) is 14.9 Å². The second-order valence-electron chi connectivity index (χ2n) is 5.05. The Labute approximate surface area is 146 Å². The minimum absolute atomic E-state index is 0.223. The number of nitrogens with one attached hydrogen (secondary N) is 1. The highest BCUT2D eigenvalue weighted by Crippen LogP contribution is 2.19. The summed E-state index contributed by atoms with van der Waals surface area (Å²) in [6.45, 7) is 0. The molecule has 0 aliphatic heterocycles. The van der Waals surface area contributed by atoms with Crippen LogP contribution in [0.4, 0.5) is 5.69 Å². The number of rotatable bonds is 4. The van der Waals surface area contributed by atoms with Crippen LogP contribution in [0.5, 0.6) is 0 Å². The standard InChI is InChI=1S/C15H11ClN6O3/c1-21-8-12(22(24)25)13(20-21)15(23)19-17-7-10-6-9-4-2-3-5-11(9)18-14(10)16/h2-8H,1H3,(H,19,23)/b17-7-. The van der Waals surface area contributed by atoms with Gasteiger partial charge in [0.25, 0.3) is 5.91 Å². The number of fused-ring (bicyclic) bond motifs is 1. The predicted octanol–water partition coefficient (Wildman–Crippen LogP) is 2.29. The van der Waals surface area contributed by atoms with E-state index in [4.69, 9.17) is 11.6 Å². The lowest BCUT2D eigenvalue weighted by Gasteiger charge is -2.01. The van der Waals surface area contributed by atoms with Gasteiger partial charge in [-0.05, 0) is 12.1 Å². The fraction of sp³-hybridized carbons (Fsp3) is 0.0667. The predicted molar refractivity (Wildman–Crippen MR) is 91.7 cm³/mol. The number of hydrazone groups is 1. The average molecular weight is 359 g/mol. The van der Waals surface area contributed by atoms with Crippen molar-refractivity contribution in [2.75, 3.05) is 0 Å². The number of aryl methyl sites for hydroxylation is 1. The summed E-state index contributed by atoms with van der Waals surface area (Å²) in [6.07, 6.45) is 2.46. The third kappa shape index (κ3) is 3.45. The van der Waals surface area contributed by atoms with Gasteiger partial charge in [-0.1, -0.05) is 29.8 Å². The molecule has 2 heterocycles. The first kappa shape index (κ1) is 16.5. The first-order chi connectivity index (χ1) is 12.0. The average Bonchev–Trinajstić information content (AvgIpc) is 2.97. The van der Waals surface area contributed by atoms with Gasteiger partial charge in [-0.15, -0.1) is 0 Å². The maximum atomic E-state index is 12.0. The molecule has 0 radical (unpaired) electrons. The van der Waals surface area contributed by atoms with E-state index in [0.717, 1.165) is 17.1 Å². The number of halogens is 1. The zero-order valence-corrected chi connectivity index (χ0v) is 13.6. The van der Waals surface area contributed by atoms with Gasteiger partial charge in [0.15, 0.2) is 0 Å². The first-order valence-electron chi connectivity index (χ1n) is 7.02. The SMILES string of the molecule is Cn1cc([N+](=O)[O-])c(C(=O)N/N=C\c2cc3ccccc3nc2Cl)n1. The summed E-state index contributed by atoms with van der Waals surface area (Å²) in [5.74, 6) is -0.798. The van der Waals surface area contributed by atoms with E-state index in [1.807, 2.05) is 24.3 Å². The van der Waals surface area contributed by atoms with Crippen LogP contribution in [0, 0.1) is 10.1 Å². The van der Waals surface area contributed by atoms with E-state index in [-0.39, 0.29) is 10.8 Å². The number of aromatic nitrogens is 3. The minimum atomic E-state index is -0.798. The van der Waals surface area contributed by atoms with Crippen LogP contribution in [0.1, 0.15) is 16.1 Å². The maximum Gasteiger partial charge on any atom is 0.320 e. The van der Waals surface area contributed by atoms with E-state index < -0.39 is 16.5 Å². The van der Waals surface area contributed by atoms with Crippen LogP contribution in [-0.2, 0) is 7.05 Å². The Balaban J connectivity index is 1.80. The normalized spacial score (nSPS) is 11.1.